The minimum Gasteiger partial charge on any atom is -0.388 e. The summed E-state index contributed by atoms with van der Waals surface area (Å²) in [5.74, 6) is 0.741. The largest absolute Gasteiger partial charge is 0.388 e. The van der Waals surface area contributed by atoms with Crippen molar-refractivity contribution in [2.24, 2.45) is 0 Å². The second-order valence-electron chi connectivity index (χ2n) is 5.04. The lowest BCUT2D eigenvalue weighted by atomic mass is 10.0. The van der Waals surface area contributed by atoms with E-state index in [0.717, 1.165) is 11.0 Å². The van der Waals surface area contributed by atoms with Crippen molar-refractivity contribution in [1.29, 1.82) is 0 Å². The molecule has 2 fully saturated rings. The zero-order chi connectivity index (χ0) is 11.7. The van der Waals surface area contributed by atoms with Gasteiger partial charge in [0.15, 0.2) is 11.0 Å². The SMILES string of the molecule is OCc1nnc(SC2CCCCC2)n1C1CC1. The zero-order valence-electron chi connectivity index (χ0n) is 10.0. The number of hydrogen-bond donors (Lipinski definition) is 1. The Morgan fingerprint density at radius 2 is 1.88 bits per heavy atom. The van der Waals surface area contributed by atoms with Crippen LogP contribution < -0.4 is 0 Å². The van der Waals surface area contributed by atoms with Gasteiger partial charge in [-0.05, 0) is 25.7 Å². The Balaban J connectivity index is 1.74. The van der Waals surface area contributed by atoms with E-state index in [1.165, 1.54) is 44.9 Å². The van der Waals surface area contributed by atoms with Crippen LogP contribution in [0.5, 0.6) is 0 Å². The third-order valence-electron chi connectivity index (χ3n) is 3.61. The van der Waals surface area contributed by atoms with Gasteiger partial charge in [0.1, 0.15) is 6.61 Å². The van der Waals surface area contributed by atoms with E-state index < -0.39 is 0 Å². The molecule has 17 heavy (non-hydrogen) atoms. The molecular formula is C12H19N3OS. The molecule has 0 amide bonds. The van der Waals surface area contributed by atoms with E-state index in [2.05, 4.69) is 14.8 Å². The molecule has 0 spiro atoms. The summed E-state index contributed by atoms with van der Waals surface area (Å²) in [6, 6.07) is 0.554. The van der Waals surface area contributed by atoms with Crippen LogP contribution >= 0.6 is 11.8 Å². The quantitative estimate of drug-likeness (QED) is 0.896. The molecule has 0 radical (unpaired) electrons. The van der Waals surface area contributed by atoms with Crippen molar-refractivity contribution < 1.29 is 5.11 Å². The molecule has 0 aliphatic heterocycles. The fourth-order valence-corrected chi connectivity index (χ4v) is 3.85. The highest BCUT2D eigenvalue weighted by atomic mass is 32.2. The van der Waals surface area contributed by atoms with Crippen molar-refractivity contribution >= 4 is 11.8 Å². The van der Waals surface area contributed by atoms with E-state index in [4.69, 9.17) is 0 Å². The van der Waals surface area contributed by atoms with Gasteiger partial charge in [-0.1, -0.05) is 31.0 Å². The predicted molar refractivity (Wildman–Crippen MR) is 66.9 cm³/mol. The third kappa shape index (κ3) is 2.50. The number of aliphatic hydroxyl groups is 1. The maximum Gasteiger partial charge on any atom is 0.191 e. The molecule has 2 saturated carbocycles. The van der Waals surface area contributed by atoms with Gasteiger partial charge in [0, 0.05) is 11.3 Å². The molecule has 0 saturated heterocycles. The number of rotatable bonds is 4. The van der Waals surface area contributed by atoms with Gasteiger partial charge in [-0.3, -0.25) is 0 Å². The first-order valence-corrected chi connectivity index (χ1v) is 7.47. The molecule has 1 heterocycles. The maximum atomic E-state index is 9.28. The van der Waals surface area contributed by atoms with Crippen LogP contribution in [0.1, 0.15) is 56.8 Å². The Kier molecular flexibility index (Phi) is 3.38. The summed E-state index contributed by atoms with van der Waals surface area (Å²) >= 11 is 1.87. The molecule has 1 N–H and O–H groups in total. The minimum atomic E-state index is 0.00866. The van der Waals surface area contributed by atoms with E-state index in [1.54, 1.807) is 0 Å². The number of hydrogen-bond acceptors (Lipinski definition) is 4. The first-order valence-electron chi connectivity index (χ1n) is 6.60. The molecule has 0 bridgehead atoms. The van der Waals surface area contributed by atoms with Gasteiger partial charge in [-0.25, -0.2) is 0 Å². The van der Waals surface area contributed by atoms with Crippen LogP contribution in [0.2, 0.25) is 0 Å². The molecule has 0 aromatic carbocycles. The average molecular weight is 253 g/mol. The van der Waals surface area contributed by atoms with E-state index in [0.29, 0.717) is 11.3 Å². The predicted octanol–water partition coefficient (Wildman–Crippen LogP) is 2.53. The lowest BCUT2D eigenvalue weighted by Crippen LogP contribution is -2.10. The molecule has 1 aromatic rings. The summed E-state index contributed by atoms with van der Waals surface area (Å²) in [7, 11) is 0. The van der Waals surface area contributed by atoms with Crippen molar-refractivity contribution in [3.63, 3.8) is 0 Å². The molecular weight excluding hydrogens is 234 g/mol. The Morgan fingerprint density at radius 1 is 1.12 bits per heavy atom. The Bertz CT molecular complexity index is 383. The summed E-state index contributed by atoms with van der Waals surface area (Å²) in [6.45, 7) is 0.00866. The second-order valence-corrected chi connectivity index (χ2v) is 6.30. The highest BCUT2D eigenvalue weighted by molar-refractivity contribution is 7.99. The average Bonchev–Trinajstić information content (AvgIpc) is 3.13. The van der Waals surface area contributed by atoms with Crippen molar-refractivity contribution in [1.82, 2.24) is 14.8 Å². The molecule has 0 atom stereocenters. The van der Waals surface area contributed by atoms with Crippen molar-refractivity contribution in [2.45, 2.75) is 68.0 Å². The van der Waals surface area contributed by atoms with E-state index in [9.17, 15) is 5.11 Å². The van der Waals surface area contributed by atoms with Crippen LogP contribution in [-0.4, -0.2) is 25.1 Å². The summed E-state index contributed by atoms with van der Waals surface area (Å²) in [4.78, 5) is 0. The summed E-state index contributed by atoms with van der Waals surface area (Å²) < 4.78 is 2.17. The van der Waals surface area contributed by atoms with E-state index >= 15 is 0 Å². The number of thioether (sulfide) groups is 1. The normalized spacial score (nSPS) is 21.9. The van der Waals surface area contributed by atoms with Crippen molar-refractivity contribution in [3.8, 4) is 0 Å². The van der Waals surface area contributed by atoms with Gasteiger partial charge in [0.05, 0.1) is 0 Å². The van der Waals surface area contributed by atoms with Gasteiger partial charge in [-0.2, -0.15) is 0 Å². The lowest BCUT2D eigenvalue weighted by molar-refractivity contribution is 0.263. The molecule has 2 aliphatic carbocycles. The standard InChI is InChI=1S/C12H19N3OS/c16-8-11-13-14-12(15(11)9-6-7-9)17-10-4-2-1-3-5-10/h9-10,16H,1-8H2. The lowest BCUT2D eigenvalue weighted by Gasteiger charge is -2.20. The Hall–Kier alpha value is -0.550. The zero-order valence-corrected chi connectivity index (χ0v) is 10.8. The monoisotopic (exact) mass is 253 g/mol. The van der Waals surface area contributed by atoms with Crippen LogP contribution in [0.3, 0.4) is 0 Å². The molecule has 94 valence electrons. The second kappa shape index (κ2) is 4.98. The van der Waals surface area contributed by atoms with Crippen LogP contribution in [0.25, 0.3) is 0 Å². The molecule has 3 rings (SSSR count). The topological polar surface area (TPSA) is 50.9 Å². The van der Waals surface area contributed by atoms with Crippen molar-refractivity contribution in [2.75, 3.05) is 0 Å². The number of nitrogens with zero attached hydrogens (tertiary/aromatic N) is 3. The van der Waals surface area contributed by atoms with Gasteiger partial charge in [0.25, 0.3) is 0 Å². The van der Waals surface area contributed by atoms with Crippen LogP contribution in [-0.2, 0) is 6.61 Å². The van der Waals surface area contributed by atoms with Gasteiger partial charge >= 0.3 is 0 Å². The van der Waals surface area contributed by atoms with E-state index in [-0.39, 0.29) is 6.61 Å². The minimum absolute atomic E-state index is 0.00866. The summed E-state index contributed by atoms with van der Waals surface area (Å²) in [5, 5.41) is 19.4. The molecule has 0 unspecified atom stereocenters. The van der Waals surface area contributed by atoms with Gasteiger partial charge < -0.3 is 9.67 Å². The molecule has 2 aliphatic rings. The summed E-state index contributed by atoms with van der Waals surface area (Å²) in [5.41, 5.74) is 0. The maximum absolute atomic E-state index is 9.28. The molecule has 4 nitrogen and oxygen atoms in total. The molecule has 1 aromatic heterocycles. The van der Waals surface area contributed by atoms with Crippen LogP contribution in [0.4, 0.5) is 0 Å². The highest BCUT2D eigenvalue weighted by Crippen LogP contribution is 2.41. The fraction of sp³-hybridized carbons (Fsp3) is 0.833. The first kappa shape index (κ1) is 11.5. The number of aromatic nitrogens is 3. The smallest absolute Gasteiger partial charge is 0.191 e. The van der Waals surface area contributed by atoms with E-state index in [1.807, 2.05) is 11.8 Å². The first-order chi connectivity index (χ1) is 8.38. The Labute approximate surface area is 106 Å². The van der Waals surface area contributed by atoms with Crippen LogP contribution in [0.15, 0.2) is 5.16 Å². The number of aliphatic hydroxyl groups excluding tert-OH is 1. The van der Waals surface area contributed by atoms with Gasteiger partial charge in [-0.15, -0.1) is 10.2 Å². The third-order valence-corrected chi connectivity index (χ3v) is 4.91. The van der Waals surface area contributed by atoms with Crippen LogP contribution in [0, 0.1) is 0 Å². The molecule has 5 heteroatoms. The highest BCUT2D eigenvalue weighted by Gasteiger charge is 2.30. The van der Waals surface area contributed by atoms with Gasteiger partial charge in [0.2, 0.25) is 0 Å². The van der Waals surface area contributed by atoms with Crippen molar-refractivity contribution in [3.05, 3.63) is 5.82 Å². The fourth-order valence-electron chi connectivity index (χ4n) is 2.53. The summed E-state index contributed by atoms with van der Waals surface area (Å²) in [6.07, 6.45) is 9.11. The Morgan fingerprint density at radius 3 is 2.53 bits per heavy atom.